The SMILES string of the molecule is CN=C(NCc1ccccc1CN1CCCC1=O)NCC1CC(=O)Nc2ccccc21.I. The van der Waals surface area contributed by atoms with Crippen LogP contribution in [0.25, 0.3) is 0 Å². The molecule has 32 heavy (non-hydrogen) atoms. The van der Waals surface area contributed by atoms with E-state index in [1.54, 1.807) is 7.05 Å². The molecule has 1 atom stereocenters. The summed E-state index contributed by atoms with van der Waals surface area (Å²) in [6.45, 7) is 2.71. The van der Waals surface area contributed by atoms with E-state index in [2.05, 4.69) is 39.1 Å². The summed E-state index contributed by atoms with van der Waals surface area (Å²) in [5.74, 6) is 1.06. The fraction of sp³-hybridized carbons (Fsp3) is 0.375. The molecule has 2 amide bonds. The molecule has 2 aromatic rings. The smallest absolute Gasteiger partial charge is 0.225 e. The summed E-state index contributed by atoms with van der Waals surface area (Å²) in [5.41, 5.74) is 4.33. The Morgan fingerprint density at radius 3 is 2.59 bits per heavy atom. The highest BCUT2D eigenvalue weighted by Crippen LogP contribution is 2.31. The van der Waals surface area contributed by atoms with E-state index in [-0.39, 0.29) is 41.7 Å². The van der Waals surface area contributed by atoms with E-state index in [0.29, 0.717) is 38.4 Å². The highest BCUT2D eigenvalue weighted by atomic mass is 127. The van der Waals surface area contributed by atoms with Gasteiger partial charge in [0, 0.05) is 57.7 Å². The van der Waals surface area contributed by atoms with Gasteiger partial charge < -0.3 is 20.9 Å². The van der Waals surface area contributed by atoms with Gasteiger partial charge in [-0.25, -0.2) is 0 Å². The molecule has 2 aromatic carbocycles. The summed E-state index contributed by atoms with van der Waals surface area (Å²) in [6, 6.07) is 16.1. The zero-order valence-corrected chi connectivity index (χ0v) is 20.6. The number of fused-ring (bicyclic) bond motifs is 1. The van der Waals surface area contributed by atoms with Crippen molar-refractivity contribution in [3.63, 3.8) is 0 Å². The number of hydrogen-bond donors (Lipinski definition) is 3. The first kappa shape index (κ1) is 24.0. The number of benzene rings is 2. The number of carbonyl (C=O) groups excluding carboxylic acids is 2. The molecule has 3 N–H and O–H groups in total. The number of guanidine groups is 1. The second kappa shape index (κ2) is 11.3. The number of likely N-dealkylation sites (tertiary alicyclic amines) is 1. The molecule has 7 nitrogen and oxygen atoms in total. The summed E-state index contributed by atoms with van der Waals surface area (Å²) in [5, 5.41) is 9.67. The minimum absolute atomic E-state index is 0. The third-order valence-corrected chi connectivity index (χ3v) is 5.94. The number of halogens is 1. The number of rotatable bonds is 6. The minimum Gasteiger partial charge on any atom is -0.356 e. The van der Waals surface area contributed by atoms with Gasteiger partial charge in [0.2, 0.25) is 11.8 Å². The Labute approximate surface area is 206 Å². The van der Waals surface area contributed by atoms with Gasteiger partial charge in [0.1, 0.15) is 0 Å². The van der Waals surface area contributed by atoms with Crippen LogP contribution in [0.5, 0.6) is 0 Å². The van der Waals surface area contributed by atoms with Gasteiger partial charge in [-0.1, -0.05) is 42.5 Å². The molecule has 170 valence electrons. The molecule has 0 aromatic heterocycles. The summed E-state index contributed by atoms with van der Waals surface area (Å²) in [4.78, 5) is 30.3. The number of anilines is 1. The molecule has 1 saturated heterocycles. The summed E-state index contributed by atoms with van der Waals surface area (Å²) >= 11 is 0. The highest BCUT2D eigenvalue weighted by Gasteiger charge is 2.25. The molecule has 0 aliphatic carbocycles. The van der Waals surface area contributed by atoms with Crippen molar-refractivity contribution in [1.82, 2.24) is 15.5 Å². The molecular formula is C24H30IN5O2. The first-order chi connectivity index (χ1) is 15.1. The van der Waals surface area contributed by atoms with E-state index in [0.717, 1.165) is 35.3 Å². The maximum Gasteiger partial charge on any atom is 0.225 e. The van der Waals surface area contributed by atoms with Crippen LogP contribution in [0.15, 0.2) is 53.5 Å². The number of aliphatic imine (C=N–C) groups is 1. The van der Waals surface area contributed by atoms with Gasteiger partial charge in [0.15, 0.2) is 5.96 Å². The van der Waals surface area contributed by atoms with Crippen molar-refractivity contribution in [3.8, 4) is 0 Å². The normalized spacial score (nSPS) is 18.0. The predicted octanol–water partition coefficient (Wildman–Crippen LogP) is 3.22. The van der Waals surface area contributed by atoms with Gasteiger partial charge in [-0.15, -0.1) is 24.0 Å². The lowest BCUT2D eigenvalue weighted by Crippen LogP contribution is -2.40. The Morgan fingerprint density at radius 2 is 1.84 bits per heavy atom. The number of nitrogens with zero attached hydrogens (tertiary/aromatic N) is 2. The minimum atomic E-state index is 0. The zero-order valence-electron chi connectivity index (χ0n) is 18.3. The van der Waals surface area contributed by atoms with Crippen molar-refractivity contribution in [1.29, 1.82) is 0 Å². The molecular weight excluding hydrogens is 517 g/mol. The molecule has 4 rings (SSSR count). The molecule has 1 fully saturated rings. The van der Waals surface area contributed by atoms with E-state index in [4.69, 9.17) is 0 Å². The Bertz CT molecular complexity index is 994. The lowest BCUT2D eigenvalue weighted by molar-refractivity contribution is -0.128. The van der Waals surface area contributed by atoms with Gasteiger partial charge >= 0.3 is 0 Å². The van der Waals surface area contributed by atoms with E-state index in [1.165, 1.54) is 0 Å². The average Bonchev–Trinajstić information content (AvgIpc) is 3.19. The van der Waals surface area contributed by atoms with E-state index in [1.807, 2.05) is 35.2 Å². The van der Waals surface area contributed by atoms with Crippen LogP contribution in [0.1, 0.15) is 41.9 Å². The fourth-order valence-corrected chi connectivity index (χ4v) is 4.26. The number of hydrogen-bond acceptors (Lipinski definition) is 3. The van der Waals surface area contributed by atoms with Gasteiger partial charge in [-0.05, 0) is 29.2 Å². The number of para-hydroxylation sites is 1. The van der Waals surface area contributed by atoms with Crippen LogP contribution in [-0.4, -0.2) is 42.8 Å². The molecule has 0 spiro atoms. The third-order valence-electron chi connectivity index (χ3n) is 5.94. The summed E-state index contributed by atoms with van der Waals surface area (Å²) in [7, 11) is 1.74. The standard InChI is InChI=1S/C24H29N5O2.HI/c1-25-24(27-15-19-13-22(30)28-21-10-5-4-9-20(19)21)26-14-17-7-2-3-8-18(17)16-29-12-6-11-23(29)31;/h2-5,7-10,19H,6,11-16H2,1H3,(H,28,30)(H2,25,26,27);1H. The van der Waals surface area contributed by atoms with E-state index in [9.17, 15) is 9.59 Å². The Kier molecular flexibility index (Phi) is 8.49. The molecule has 1 unspecified atom stereocenters. The fourth-order valence-electron chi connectivity index (χ4n) is 4.26. The third kappa shape index (κ3) is 5.79. The number of nitrogens with one attached hydrogen (secondary N) is 3. The lowest BCUT2D eigenvalue weighted by Gasteiger charge is -2.26. The van der Waals surface area contributed by atoms with Crippen molar-refractivity contribution in [2.24, 2.45) is 4.99 Å². The van der Waals surface area contributed by atoms with Gasteiger partial charge in [0.05, 0.1) is 0 Å². The predicted molar refractivity (Wildman–Crippen MR) is 137 cm³/mol. The largest absolute Gasteiger partial charge is 0.356 e. The second-order valence-corrected chi connectivity index (χ2v) is 8.03. The molecule has 0 radical (unpaired) electrons. The monoisotopic (exact) mass is 547 g/mol. The van der Waals surface area contributed by atoms with Crippen LogP contribution in [0, 0.1) is 0 Å². The molecule has 0 saturated carbocycles. The van der Waals surface area contributed by atoms with Crippen LogP contribution < -0.4 is 16.0 Å². The van der Waals surface area contributed by atoms with E-state index >= 15 is 0 Å². The lowest BCUT2D eigenvalue weighted by atomic mass is 9.90. The Hall–Kier alpha value is -2.62. The van der Waals surface area contributed by atoms with Crippen LogP contribution in [-0.2, 0) is 22.7 Å². The first-order valence-corrected chi connectivity index (χ1v) is 10.8. The van der Waals surface area contributed by atoms with Crippen LogP contribution in [0.2, 0.25) is 0 Å². The molecule has 0 bridgehead atoms. The topological polar surface area (TPSA) is 85.8 Å². The molecule has 2 aliphatic rings. The van der Waals surface area contributed by atoms with Crippen LogP contribution in [0.4, 0.5) is 5.69 Å². The van der Waals surface area contributed by atoms with Gasteiger partial charge in [-0.2, -0.15) is 0 Å². The Morgan fingerprint density at radius 1 is 1.09 bits per heavy atom. The van der Waals surface area contributed by atoms with Crippen molar-refractivity contribution < 1.29 is 9.59 Å². The summed E-state index contributed by atoms with van der Waals surface area (Å²) < 4.78 is 0. The van der Waals surface area contributed by atoms with Gasteiger partial charge in [0.25, 0.3) is 0 Å². The van der Waals surface area contributed by atoms with E-state index < -0.39 is 0 Å². The van der Waals surface area contributed by atoms with Crippen molar-refractivity contribution in [2.45, 2.75) is 38.3 Å². The highest BCUT2D eigenvalue weighted by molar-refractivity contribution is 14.0. The Balaban J connectivity index is 0.00000289. The number of amides is 2. The van der Waals surface area contributed by atoms with Crippen molar-refractivity contribution in [3.05, 3.63) is 65.2 Å². The zero-order chi connectivity index (χ0) is 21.6. The molecule has 8 heteroatoms. The van der Waals surface area contributed by atoms with Crippen LogP contribution >= 0.6 is 24.0 Å². The van der Waals surface area contributed by atoms with Crippen molar-refractivity contribution >= 4 is 47.4 Å². The average molecular weight is 547 g/mol. The second-order valence-electron chi connectivity index (χ2n) is 8.03. The van der Waals surface area contributed by atoms with Gasteiger partial charge in [-0.3, -0.25) is 14.6 Å². The maximum absolute atomic E-state index is 12.1. The quantitative estimate of drug-likeness (QED) is 0.295. The summed E-state index contributed by atoms with van der Waals surface area (Å²) in [6.07, 6.45) is 2.05. The molecule has 2 aliphatic heterocycles. The van der Waals surface area contributed by atoms with Crippen molar-refractivity contribution in [2.75, 3.05) is 25.5 Å². The number of carbonyl (C=O) groups is 2. The molecule has 2 heterocycles. The first-order valence-electron chi connectivity index (χ1n) is 10.8. The maximum atomic E-state index is 12.1. The van der Waals surface area contributed by atoms with Crippen LogP contribution in [0.3, 0.4) is 0 Å².